The van der Waals surface area contributed by atoms with Gasteiger partial charge in [-0.3, -0.25) is 4.79 Å². The molecular formula is C25H22N2O5. The summed E-state index contributed by atoms with van der Waals surface area (Å²) < 4.78 is 5.39. The van der Waals surface area contributed by atoms with Gasteiger partial charge in [0.2, 0.25) is 5.91 Å². The minimum absolute atomic E-state index is 0.0144. The molecule has 1 aliphatic rings. The number of carbonyl (C=O) groups is 3. The molecular weight excluding hydrogens is 408 g/mol. The molecule has 0 aromatic heterocycles. The number of fused-ring (bicyclic) bond motifs is 3. The molecule has 3 N–H and O–H groups in total. The van der Waals surface area contributed by atoms with Crippen LogP contribution in [-0.4, -0.2) is 36.2 Å². The molecule has 3 aromatic rings. The first-order valence-electron chi connectivity index (χ1n) is 10.2. The largest absolute Gasteiger partial charge is 0.478 e. The number of carboxylic acids is 1. The van der Waals surface area contributed by atoms with Gasteiger partial charge in [-0.1, -0.05) is 60.2 Å². The maximum atomic E-state index is 12.2. The van der Waals surface area contributed by atoms with E-state index in [1.165, 1.54) is 12.1 Å². The molecule has 32 heavy (non-hydrogen) atoms. The second-order valence-corrected chi connectivity index (χ2v) is 7.58. The summed E-state index contributed by atoms with van der Waals surface area (Å²) in [5, 5.41) is 14.2. The van der Waals surface area contributed by atoms with Gasteiger partial charge in [-0.05, 0) is 41.3 Å². The highest BCUT2D eigenvalue weighted by Gasteiger charge is 2.29. The predicted octanol–water partition coefficient (Wildman–Crippen LogP) is 4.17. The van der Waals surface area contributed by atoms with Crippen molar-refractivity contribution < 1.29 is 24.2 Å². The van der Waals surface area contributed by atoms with Crippen molar-refractivity contribution in [3.63, 3.8) is 0 Å². The molecule has 0 unspecified atom stereocenters. The highest BCUT2D eigenvalue weighted by atomic mass is 16.5. The Balaban J connectivity index is 1.34. The molecule has 1 aliphatic carbocycles. The molecule has 7 nitrogen and oxygen atoms in total. The third-order valence-corrected chi connectivity index (χ3v) is 5.42. The Morgan fingerprint density at radius 3 is 2.19 bits per heavy atom. The van der Waals surface area contributed by atoms with Gasteiger partial charge >= 0.3 is 12.1 Å². The summed E-state index contributed by atoms with van der Waals surface area (Å²) in [6, 6.07) is 20.7. The molecule has 0 radical (unpaired) electrons. The fraction of sp³-hybridized carbons (Fsp3) is 0.160. The highest BCUT2D eigenvalue weighted by Crippen LogP contribution is 2.44. The summed E-state index contributed by atoms with van der Waals surface area (Å²) in [7, 11) is 0. The van der Waals surface area contributed by atoms with E-state index in [0.29, 0.717) is 0 Å². The number of amides is 2. The normalized spacial score (nSPS) is 11.9. The maximum absolute atomic E-state index is 12.2. The zero-order valence-electron chi connectivity index (χ0n) is 17.4. The van der Waals surface area contributed by atoms with Gasteiger partial charge < -0.3 is 20.5 Å². The number of carbonyl (C=O) groups excluding carboxylic acids is 2. The first-order valence-corrected chi connectivity index (χ1v) is 10.2. The zero-order valence-corrected chi connectivity index (χ0v) is 17.4. The predicted molar refractivity (Wildman–Crippen MR) is 120 cm³/mol. The van der Waals surface area contributed by atoms with Crippen LogP contribution in [0, 0.1) is 6.92 Å². The molecule has 0 saturated carbocycles. The van der Waals surface area contributed by atoms with E-state index in [4.69, 9.17) is 4.74 Å². The van der Waals surface area contributed by atoms with Crippen molar-refractivity contribution in [1.29, 1.82) is 0 Å². The number of hydrogen-bond acceptors (Lipinski definition) is 4. The molecule has 0 heterocycles. The molecule has 4 rings (SSSR count). The molecule has 0 spiro atoms. The van der Waals surface area contributed by atoms with E-state index in [1.54, 1.807) is 13.0 Å². The molecule has 0 bridgehead atoms. The second kappa shape index (κ2) is 8.93. The molecule has 2 amide bonds. The van der Waals surface area contributed by atoms with Crippen molar-refractivity contribution in [3.05, 3.63) is 89.0 Å². The lowest BCUT2D eigenvalue weighted by Gasteiger charge is -2.15. The van der Waals surface area contributed by atoms with Crippen molar-refractivity contribution in [3.8, 4) is 11.1 Å². The number of nitrogens with one attached hydrogen (secondary N) is 2. The smallest absolute Gasteiger partial charge is 0.407 e. The van der Waals surface area contributed by atoms with E-state index < -0.39 is 18.0 Å². The maximum Gasteiger partial charge on any atom is 0.407 e. The van der Waals surface area contributed by atoms with Crippen molar-refractivity contribution in [2.75, 3.05) is 18.5 Å². The number of aryl methyl sites for hydroxylation is 1. The van der Waals surface area contributed by atoms with Crippen molar-refractivity contribution >= 4 is 23.7 Å². The average molecular weight is 430 g/mol. The lowest BCUT2D eigenvalue weighted by atomic mass is 9.98. The van der Waals surface area contributed by atoms with Crippen LogP contribution in [0.5, 0.6) is 0 Å². The lowest BCUT2D eigenvalue weighted by molar-refractivity contribution is -0.115. The van der Waals surface area contributed by atoms with Crippen molar-refractivity contribution in [2.24, 2.45) is 0 Å². The van der Waals surface area contributed by atoms with Gasteiger partial charge in [0.1, 0.15) is 13.2 Å². The topological polar surface area (TPSA) is 105 Å². The molecule has 0 fully saturated rings. The SMILES string of the molecule is Cc1ccc(NC(=O)CNC(=O)OCC2c3ccccc3-c3ccccc32)c(C(=O)O)c1. The number of rotatable bonds is 6. The van der Waals surface area contributed by atoms with Crippen LogP contribution in [0.3, 0.4) is 0 Å². The molecule has 0 atom stereocenters. The molecule has 0 aliphatic heterocycles. The Bertz CT molecular complexity index is 1160. The number of hydrogen-bond donors (Lipinski definition) is 3. The summed E-state index contributed by atoms with van der Waals surface area (Å²) in [5.74, 6) is -1.77. The molecule has 3 aromatic carbocycles. The van der Waals surface area contributed by atoms with Gasteiger partial charge in [0.25, 0.3) is 0 Å². The molecule has 7 heteroatoms. The van der Waals surface area contributed by atoms with Crippen LogP contribution < -0.4 is 10.6 Å². The first-order chi connectivity index (χ1) is 15.4. The number of anilines is 1. The van der Waals surface area contributed by atoms with Gasteiger partial charge in [0.05, 0.1) is 11.3 Å². The third kappa shape index (κ3) is 4.32. The quantitative estimate of drug-likeness (QED) is 0.544. The third-order valence-electron chi connectivity index (χ3n) is 5.42. The van der Waals surface area contributed by atoms with E-state index in [9.17, 15) is 19.5 Å². The average Bonchev–Trinajstić information content (AvgIpc) is 3.11. The summed E-state index contributed by atoms with van der Waals surface area (Å²) in [6.07, 6.45) is -0.718. The monoisotopic (exact) mass is 430 g/mol. The van der Waals surface area contributed by atoms with Crippen molar-refractivity contribution in [1.82, 2.24) is 5.32 Å². The number of carboxylic acid groups (broad SMARTS) is 1. The summed E-state index contributed by atoms with van der Waals surface area (Å²) in [5.41, 5.74) is 5.37. The van der Waals surface area contributed by atoms with Crippen LogP contribution in [0.15, 0.2) is 66.7 Å². The van der Waals surface area contributed by atoms with Crippen LogP contribution in [0.1, 0.15) is 33.0 Å². The summed E-state index contributed by atoms with van der Waals surface area (Å²) in [4.78, 5) is 35.7. The van der Waals surface area contributed by atoms with Crippen LogP contribution >= 0.6 is 0 Å². The Morgan fingerprint density at radius 1 is 0.938 bits per heavy atom. The first kappa shape index (κ1) is 21.1. The van der Waals surface area contributed by atoms with Gasteiger partial charge in [0, 0.05) is 5.92 Å². The highest BCUT2D eigenvalue weighted by molar-refractivity contribution is 6.01. The van der Waals surface area contributed by atoms with E-state index in [1.807, 2.05) is 36.4 Å². The standard InChI is InChI=1S/C25H22N2O5/c1-15-10-11-22(20(12-15)24(29)30)27-23(28)13-26-25(31)32-14-21-18-8-4-2-6-16(18)17-7-3-5-9-19(17)21/h2-12,21H,13-14H2,1H3,(H,26,31)(H,27,28)(H,29,30). The van der Waals surface area contributed by atoms with Gasteiger partial charge in [-0.2, -0.15) is 0 Å². The molecule has 162 valence electrons. The Kier molecular flexibility index (Phi) is 5.89. The van der Waals surface area contributed by atoms with Gasteiger partial charge in [-0.25, -0.2) is 9.59 Å². The fourth-order valence-electron chi connectivity index (χ4n) is 3.94. The van der Waals surface area contributed by atoms with E-state index >= 15 is 0 Å². The fourth-order valence-corrected chi connectivity index (χ4v) is 3.94. The Morgan fingerprint density at radius 2 is 1.56 bits per heavy atom. The van der Waals surface area contributed by atoms with Crippen LogP contribution in [-0.2, 0) is 9.53 Å². The Labute approximate surface area is 185 Å². The summed E-state index contributed by atoms with van der Waals surface area (Å²) >= 11 is 0. The number of ether oxygens (including phenoxy) is 1. The zero-order chi connectivity index (χ0) is 22.7. The van der Waals surface area contributed by atoms with E-state index in [-0.39, 0.29) is 30.3 Å². The van der Waals surface area contributed by atoms with Crippen LogP contribution in [0.4, 0.5) is 10.5 Å². The van der Waals surface area contributed by atoms with Crippen LogP contribution in [0.2, 0.25) is 0 Å². The minimum atomic E-state index is -1.14. The van der Waals surface area contributed by atoms with Crippen LogP contribution in [0.25, 0.3) is 11.1 Å². The summed E-state index contributed by atoms with van der Waals surface area (Å²) in [6.45, 7) is 1.56. The number of alkyl carbamates (subject to hydrolysis) is 1. The van der Waals surface area contributed by atoms with E-state index in [0.717, 1.165) is 27.8 Å². The van der Waals surface area contributed by atoms with E-state index in [2.05, 4.69) is 22.8 Å². The molecule has 0 saturated heterocycles. The lowest BCUT2D eigenvalue weighted by Crippen LogP contribution is -2.34. The number of benzene rings is 3. The second-order valence-electron chi connectivity index (χ2n) is 7.58. The minimum Gasteiger partial charge on any atom is -0.478 e. The number of aromatic carboxylic acids is 1. The van der Waals surface area contributed by atoms with Crippen molar-refractivity contribution in [2.45, 2.75) is 12.8 Å². The van der Waals surface area contributed by atoms with Gasteiger partial charge in [-0.15, -0.1) is 0 Å². The van der Waals surface area contributed by atoms with Gasteiger partial charge in [0.15, 0.2) is 0 Å². The Hall–Kier alpha value is -4.13.